The van der Waals surface area contributed by atoms with Crippen LogP contribution in [0.2, 0.25) is 0 Å². The van der Waals surface area contributed by atoms with Gasteiger partial charge in [-0.05, 0) is 127 Å². The average molecular weight is 483 g/mol. The molecule has 2 atom stereocenters. The molecule has 4 aliphatic rings. The van der Waals surface area contributed by atoms with Gasteiger partial charge in [0.2, 0.25) is 0 Å². The van der Waals surface area contributed by atoms with Gasteiger partial charge in [-0.3, -0.25) is 0 Å². The Morgan fingerprint density at radius 2 is 1.74 bits per heavy atom. The Morgan fingerprint density at radius 1 is 1.03 bits per heavy atom. The Morgan fingerprint density at radius 3 is 2.37 bits per heavy atom. The molecule has 35 heavy (non-hydrogen) atoms. The van der Waals surface area contributed by atoms with Crippen molar-refractivity contribution in [3.05, 3.63) is 33.9 Å². The average Bonchev–Trinajstić information content (AvgIpc) is 3.46. The van der Waals surface area contributed by atoms with Crippen LogP contribution in [0, 0.1) is 26.2 Å². The summed E-state index contributed by atoms with van der Waals surface area (Å²) >= 11 is 0. The van der Waals surface area contributed by atoms with Crippen LogP contribution in [0.3, 0.4) is 0 Å². The number of benzene rings is 1. The minimum absolute atomic E-state index is 0.139. The Balaban J connectivity index is 1.19. The first-order valence-electron chi connectivity index (χ1n) is 14.0. The van der Waals surface area contributed by atoms with Gasteiger partial charge in [-0.15, -0.1) is 0 Å². The van der Waals surface area contributed by atoms with Crippen LogP contribution in [0.4, 0.5) is 4.79 Å². The van der Waals surface area contributed by atoms with Crippen LogP contribution in [-0.4, -0.2) is 66.9 Å². The van der Waals surface area contributed by atoms with Crippen molar-refractivity contribution in [2.75, 3.05) is 39.4 Å². The lowest BCUT2D eigenvalue weighted by Crippen LogP contribution is -2.58. The third kappa shape index (κ3) is 5.00. The fraction of sp³-hybridized carbons (Fsp3) is 0.767. The molecule has 1 aromatic rings. The topological polar surface area (TPSA) is 42.0 Å². The normalized spacial score (nSPS) is 27.4. The van der Waals surface area contributed by atoms with Crippen LogP contribution >= 0.6 is 0 Å². The monoisotopic (exact) mass is 482 g/mol. The quantitative estimate of drug-likeness (QED) is 0.523. The number of piperidine rings is 1. The zero-order valence-corrected chi connectivity index (χ0v) is 22.9. The molecule has 1 unspecified atom stereocenters. The number of carbonyl (C=O) groups is 1. The van der Waals surface area contributed by atoms with Crippen LogP contribution in [-0.2, 0) is 9.47 Å². The van der Waals surface area contributed by atoms with E-state index in [0.29, 0.717) is 23.3 Å². The van der Waals surface area contributed by atoms with Crippen molar-refractivity contribution in [2.24, 2.45) is 5.41 Å². The van der Waals surface area contributed by atoms with E-state index in [-0.39, 0.29) is 6.09 Å². The maximum Gasteiger partial charge on any atom is 0.410 e. The molecule has 1 aliphatic carbocycles. The smallest absolute Gasteiger partial charge is 0.410 e. The summed E-state index contributed by atoms with van der Waals surface area (Å²) in [5, 5.41) is 0. The van der Waals surface area contributed by atoms with Gasteiger partial charge < -0.3 is 19.3 Å². The van der Waals surface area contributed by atoms with E-state index in [1.807, 2.05) is 25.7 Å². The van der Waals surface area contributed by atoms with Gasteiger partial charge in [-0.25, -0.2) is 4.79 Å². The van der Waals surface area contributed by atoms with Crippen molar-refractivity contribution in [1.29, 1.82) is 0 Å². The number of nitrogens with zero attached hydrogens (tertiary/aromatic N) is 2. The molecule has 0 N–H and O–H groups in total. The fourth-order valence-corrected chi connectivity index (χ4v) is 7.35. The fourth-order valence-electron chi connectivity index (χ4n) is 7.35. The number of likely N-dealkylation sites (tertiary alicyclic amines) is 2. The van der Waals surface area contributed by atoms with Crippen LogP contribution in [0.5, 0.6) is 0 Å². The molecule has 194 valence electrons. The highest BCUT2D eigenvalue weighted by Gasteiger charge is 2.51. The molecule has 5 rings (SSSR count). The lowest BCUT2D eigenvalue weighted by molar-refractivity contribution is -0.0347. The number of aryl methyl sites for hydroxylation is 1. The second-order valence-corrected chi connectivity index (χ2v) is 13.1. The van der Waals surface area contributed by atoms with E-state index >= 15 is 0 Å². The summed E-state index contributed by atoms with van der Waals surface area (Å²) in [6.45, 7) is 18.7. The van der Waals surface area contributed by atoms with Crippen LogP contribution in [0.15, 0.2) is 6.07 Å². The van der Waals surface area contributed by atoms with Gasteiger partial charge in [0.25, 0.3) is 0 Å². The number of hydrogen-bond acceptors (Lipinski definition) is 4. The Hall–Kier alpha value is -1.59. The molecule has 0 radical (unpaired) electrons. The minimum atomic E-state index is -0.415. The highest BCUT2D eigenvalue weighted by Crippen LogP contribution is 2.48. The zero-order chi connectivity index (χ0) is 25.0. The largest absolute Gasteiger partial charge is 0.444 e. The van der Waals surface area contributed by atoms with Gasteiger partial charge in [-0.1, -0.05) is 6.07 Å². The number of hydrogen-bond donors (Lipinski definition) is 0. The van der Waals surface area contributed by atoms with Crippen LogP contribution in [0.25, 0.3) is 0 Å². The zero-order valence-electron chi connectivity index (χ0n) is 22.9. The van der Waals surface area contributed by atoms with E-state index in [1.54, 1.807) is 11.1 Å². The summed E-state index contributed by atoms with van der Waals surface area (Å²) < 4.78 is 11.4. The van der Waals surface area contributed by atoms with E-state index < -0.39 is 5.60 Å². The molecule has 0 bridgehead atoms. The molecule has 3 saturated heterocycles. The predicted molar refractivity (Wildman–Crippen MR) is 140 cm³/mol. The molecule has 1 aromatic carbocycles. The number of ether oxygens (including phenoxy) is 2. The predicted octanol–water partition coefficient (Wildman–Crippen LogP) is 6.08. The van der Waals surface area contributed by atoms with Gasteiger partial charge in [0.05, 0.1) is 6.61 Å². The van der Waals surface area contributed by atoms with Crippen molar-refractivity contribution >= 4 is 6.09 Å². The van der Waals surface area contributed by atoms with Gasteiger partial charge in [0.1, 0.15) is 5.60 Å². The number of amides is 1. The Labute approximate surface area is 212 Å². The van der Waals surface area contributed by atoms with E-state index in [2.05, 4.69) is 31.7 Å². The second kappa shape index (κ2) is 9.37. The van der Waals surface area contributed by atoms with E-state index in [9.17, 15) is 4.79 Å². The molecule has 1 amide bonds. The summed E-state index contributed by atoms with van der Waals surface area (Å²) in [6, 6.07) is 3.20. The summed E-state index contributed by atoms with van der Waals surface area (Å²) in [6.07, 6.45) is 7.31. The third-order valence-corrected chi connectivity index (χ3v) is 9.45. The summed E-state index contributed by atoms with van der Waals surface area (Å²) in [5.74, 6) is 1.24. The van der Waals surface area contributed by atoms with E-state index in [1.165, 1.54) is 68.3 Å². The van der Waals surface area contributed by atoms with Gasteiger partial charge in [0.15, 0.2) is 0 Å². The van der Waals surface area contributed by atoms with E-state index in [4.69, 9.17) is 9.47 Å². The molecule has 3 heterocycles. The van der Waals surface area contributed by atoms with Crippen molar-refractivity contribution in [2.45, 2.75) is 104 Å². The molecule has 1 saturated carbocycles. The molecular formula is C30H46N2O3. The van der Waals surface area contributed by atoms with E-state index in [0.717, 1.165) is 26.3 Å². The lowest BCUT2D eigenvalue weighted by atomic mass is 9.77. The molecule has 0 aromatic heterocycles. The lowest BCUT2D eigenvalue weighted by Gasteiger charge is -2.48. The number of carbonyl (C=O) groups excluding carboxylic acids is 1. The van der Waals surface area contributed by atoms with Crippen molar-refractivity contribution in [3.63, 3.8) is 0 Å². The summed E-state index contributed by atoms with van der Waals surface area (Å²) in [5.41, 5.74) is 7.57. The highest BCUT2D eigenvalue weighted by atomic mass is 16.6. The highest BCUT2D eigenvalue weighted by molar-refractivity contribution is 5.69. The van der Waals surface area contributed by atoms with Crippen molar-refractivity contribution in [1.82, 2.24) is 9.80 Å². The SMILES string of the molecule is Cc1cc(C2CCN([C@@H]3CCC4(C3)CN(C(=O)OC(C)(C)C)C4)CC2)c(C2CCOC2)c(C)c1C. The summed E-state index contributed by atoms with van der Waals surface area (Å²) in [4.78, 5) is 17.1. The summed E-state index contributed by atoms with van der Waals surface area (Å²) in [7, 11) is 0. The molecule has 5 nitrogen and oxygen atoms in total. The number of rotatable bonds is 3. The first kappa shape index (κ1) is 25.1. The molecule has 4 fully saturated rings. The van der Waals surface area contributed by atoms with Gasteiger partial charge in [0, 0.05) is 37.1 Å². The third-order valence-electron chi connectivity index (χ3n) is 9.45. The van der Waals surface area contributed by atoms with Crippen molar-refractivity contribution < 1.29 is 14.3 Å². The van der Waals surface area contributed by atoms with Crippen LogP contribution in [0.1, 0.15) is 98.9 Å². The second-order valence-electron chi connectivity index (χ2n) is 13.1. The first-order chi connectivity index (χ1) is 16.6. The van der Waals surface area contributed by atoms with Crippen molar-refractivity contribution in [3.8, 4) is 0 Å². The Bertz CT molecular complexity index is 945. The standard InChI is InChI=1S/C30H46N2O3/c1-20-15-26(27(22(3)21(20)2)24-10-14-34-17-24)23-8-12-31(13-9-23)25-7-11-30(16-25)18-32(19-30)28(33)35-29(4,5)6/h15,23-25H,7-14,16-19H2,1-6H3/t24?,25-/m1/s1. The Kier molecular flexibility index (Phi) is 6.71. The molecular weight excluding hydrogens is 436 g/mol. The molecule has 5 heteroatoms. The van der Waals surface area contributed by atoms with Crippen LogP contribution < -0.4 is 0 Å². The molecule has 3 aliphatic heterocycles. The maximum absolute atomic E-state index is 12.4. The minimum Gasteiger partial charge on any atom is -0.444 e. The van der Waals surface area contributed by atoms with Gasteiger partial charge in [-0.2, -0.15) is 0 Å². The maximum atomic E-state index is 12.4. The molecule has 1 spiro atoms. The first-order valence-corrected chi connectivity index (χ1v) is 14.0. The van der Waals surface area contributed by atoms with Gasteiger partial charge >= 0.3 is 6.09 Å².